The number of carbonyl (C=O) groups is 4. The van der Waals surface area contributed by atoms with Gasteiger partial charge in [-0.15, -0.1) is 15.6 Å². The lowest BCUT2D eigenvalue weighted by molar-refractivity contribution is -0.673. The van der Waals surface area contributed by atoms with Crippen LogP contribution in [-0.2, 0) is 41.0 Å². The second kappa shape index (κ2) is 15.9. The molecule has 0 radical (unpaired) electrons. The van der Waals surface area contributed by atoms with Crippen LogP contribution >= 0.6 is 11.3 Å². The summed E-state index contributed by atoms with van der Waals surface area (Å²) in [5.41, 5.74) is 17.1. The molecule has 0 bridgehead atoms. The lowest BCUT2D eigenvalue weighted by Gasteiger charge is -2.50. The first-order valence-electron chi connectivity index (χ1n) is 15.1. The third kappa shape index (κ3) is 9.39. The molecule has 51 heavy (non-hydrogen) atoms. The number of amides is 2. The van der Waals surface area contributed by atoms with Gasteiger partial charge in [0.2, 0.25) is 0 Å². The lowest BCUT2D eigenvalue weighted by atomic mass is 9.74. The van der Waals surface area contributed by atoms with Crippen molar-refractivity contribution in [2.45, 2.75) is 38.0 Å². The minimum Gasteiger partial charge on any atom is -0.489 e. The zero-order valence-corrected chi connectivity index (χ0v) is 29.2. The van der Waals surface area contributed by atoms with Gasteiger partial charge in [0.25, 0.3) is 17.7 Å². The Balaban J connectivity index is 1.43. The van der Waals surface area contributed by atoms with Gasteiger partial charge in [0.1, 0.15) is 25.1 Å². The van der Waals surface area contributed by atoms with E-state index >= 15 is 0 Å². The van der Waals surface area contributed by atoms with Gasteiger partial charge in [-0.1, -0.05) is 17.3 Å². The quantitative estimate of drug-likeness (QED) is 0.0331. The number of Topliss-reactive ketones (excluding diaryl/α,β-unsaturated/α-hetero) is 1. The van der Waals surface area contributed by atoms with E-state index in [1.807, 2.05) is 0 Å². The molecule has 2 amide bonds. The topological polar surface area (TPSA) is 293 Å². The number of benzene rings is 1. The highest BCUT2D eigenvalue weighted by Crippen LogP contribution is 2.40. The van der Waals surface area contributed by atoms with Gasteiger partial charge >= 0.3 is 22.3 Å². The van der Waals surface area contributed by atoms with E-state index in [9.17, 15) is 32.7 Å². The molecule has 4 rings (SSSR count). The molecule has 2 aromatic heterocycles. The summed E-state index contributed by atoms with van der Waals surface area (Å²) in [7, 11) is -3.29. The van der Waals surface area contributed by atoms with Crippen LogP contribution in [0.3, 0.4) is 0 Å². The summed E-state index contributed by atoms with van der Waals surface area (Å²) in [5, 5.41) is 18.2. The number of β-lactam (4-membered cyclic amide) rings is 1. The van der Waals surface area contributed by atoms with Crippen LogP contribution in [0.25, 0.3) is 11.1 Å². The molecule has 1 aliphatic heterocycles. The maximum atomic E-state index is 13.4. The number of hydroxylamine groups is 2. The maximum absolute atomic E-state index is 13.4. The molecular formula is C30H37N8O11S2+. The Bertz CT molecular complexity index is 1930. The number of aliphatic carboxylic acids is 1. The van der Waals surface area contributed by atoms with Crippen molar-refractivity contribution < 1.29 is 55.7 Å². The van der Waals surface area contributed by atoms with E-state index in [0.717, 1.165) is 22.5 Å². The van der Waals surface area contributed by atoms with Gasteiger partial charge < -0.3 is 37.2 Å². The highest BCUT2D eigenvalue weighted by molar-refractivity contribution is 7.80. The molecule has 21 heteroatoms. The molecule has 3 heterocycles. The van der Waals surface area contributed by atoms with Crippen molar-refractivity contribution in [3.8, 4) is 16.9 Å². The number of aryl methyl sites for hydroxylation is 1. The molecule has 0 aliphatic carbocycles. The van der Waals surface area contributed by atoms with Gasteiger partial charge in [-0.2, -0.15) is 18.0 Å². The number of hydrogen-bond donors (Lipinski definition) is 6. The molecule has 1 fully saturated rings. The fourth-order valence-electron chi connectivity index (χ4n) is 4.95. The molecule has 0 spiro atoms. The Kier molecular flexibility index (Phi) is 12.1. The Labute approximate surface area is 295 Å². The number of carboxylic acids is 1. The number of nitrogens with one attached hydrogen (secondary N) is 1. The second-order valence-corrected chi connectivity index (χ2v) is 13.7. The van der Waals surface area contributed by atoms with Crippen LogP contribution in [0.5, 0.6) is 5.75 Å². The molecule has 1 saturated heterocycles. The van der Waals surface area contributed by atoms with Crippen LogP contribution in [-0.4, -0.2) is 94.8 Å². The van der Waals surface area contributed by atoms with Gasteiger partial charge in [0.15, 0.2) is 22.8 Å². The highest BCUT2D eigenvalue weighted by Gasteiger charge is 2.57. The summed E-state index contributed by atoms with van der Waals surface area (Å²) < 4.78 is 42.9. The largest absolute Gasteiger partial charge is 0.489 e. The Hall–Kier alpha value is -5.06. The number of pyridine rings is 1. The number of carboxylic acid groups (broad SMARTS) is 1. The summed E-state index contributed by atoms with van der Waals surface area (Å²) in [6.07, 6.45) is -0.453. The lowest BCUT2D eigenvalue weighted by Crippen LogP contribution is -2.68. The number of aromatic nitrogens is 2. The van der Waals surface area contributed by atoms with Crippen LogP contribution in [0.15, 0.2) is 53.1 Å². The number of anilines is 1. The van der Waals surface area contributed by atoms with E-state index in [0.29, 0.717) is 16.5 Å². The first kappa shape index (κ1) is 38.7. The van der Waals surface area contributed by atoms with Gasteiger partial charge in [-0.3, -0.25) is 18.9 Å². The minimum absolute atomic E-state index is 0.0452. The highest BCUT2D eigenvalue weighted by atomic mass is 32.3. The van der Waals surface area contributed by atoms with E-state index in [1.165, 1.54) is 19.2 Å². The standard InChI is InChI=1S/C30H36N8O11S2/c1-30(2)20(27(41)38(30)49-51(44,45)46)10-23(39)25(21-15-50-29(33)35-21)36-48-24(28(42)43)14-47-19-7-4-16(5-8-19)17-6-9-22(37(3)13-17)26(40)34-18(11-31)12-32/h4-9,13,15,18,20,24H,10-12,14,31-32H2,1-3H3,(H4-,33,34,35,40,42,43,44,45,46)/p+1/b36-25-/t20-,24?/m1/s1. The van der Waals surface area contributed by atoms with E-state index < -0.39 is 64.4 Å². The number of oxime groups is 1. The number of ketones is 1. The molecule has 3 aromatic rings. The third-order valence-corrected chi connectivity index (χ3v) is 8.88. The van der Waals surface area contributed by atoms with Gasteiger partial charge in [0.05, 0.1) is 17.5 Å². The van der Waals surface area contributed by atoms with Crippen molar-refractivity contribution in [3.63, 3.8) is 0 Å². The first-order chi connectivity index (χ1) is 23.9. The zero-order valence-electron chi connectivity index (χ0n) is 27.6. The monoisotopic (exact) mass is 749 g/mol. The molecule has 19 nitrogen and oxygen atoms in total. The SMILES string of the molecule is C[n+]1cc(-c2ccc(OCC(O/N=C(\C(=O)C[C@@H]3C(=O)N(OS(=O)(=O)O)C3(C)C)c3csc(N)n3)C(=O)O)cc2)ccc1C(=O)NC(CN)CN. The predicted molar refractivity (Wildman–Crippen MR) is 180 cm³/mol. The number of nitrogens with two attached hydrogens (primary N) is 3. The molecule has 2 atom stereocenters. The summed E-state index contributed by atoms with van der Waals surface area (Å²) in [6, 6.07) is 9.73. The summed E-state index contributed by atoms with van der Waals surface area (Å²) in [6.45, 7) is 2.71. The van der Waals surface area contributed by atoms with Gasteiger partial charge in [-0.25, -0.2) is 9.78 Å². The van der Waals surface area contributed by atoms with Crippen LogP contribution in [0.4, 0.5) is 5.13 Å². The average Bonchev–Trinajstić information content (AvgIpc) is 3.51. The third-order valence-electron chi connectivity index (χ3n) is 7.87. The Morgan fingerprint density at radius 2 is 1.78 bits per heavy atom. The van der Waals surface area contributed by atoms with Crippen LogP contribution in [0.2, 0.25) is 0 Å². The summed E-state index contributed by atoms with van der Waals surface area (Å²) in [4.78, 5) is 59.8. The van der Waals surface area contributed by atoms with Crippen LogP contribution in [0, 0.1) is 5.92 Å². The van der Waals surface area contributed by atoms with E-state index in [4.69, 9.17) is 31.3 Å². The zero-order chi connectivity index (χ0) is 37.7. The minimum atomic E-state index is -5.01. The fourth-order valence-corrected chi connectivity index (χ4v) is 5.95. The molecule has 0 saturated carbocycles. The van der Waals surface area contributed by atoms with Gasteiger partial charge in [-0.05, 0) is 37.6 Å². The maximum Gasteiger partial charge on any atom is 0.418 e. The number of nitrogens with zero attached hydrogens (tertiary/aromatic N) is 4. The van der Waals surface area contributed by atoms with Crippen molar-refractivity contribution in [1.29, 1.82) is 0 Å². The van der Waals surface area contributed by atoms with Gasteiger partial charge in [0, 0.05) is 36.5 Å². The summed E-state index contributed by atoms with van der Waals surface area (Å²) in [5.74, 6) is -4.29. The number of nitrogen functional groups attached to an aromatic ring is 1. The molecular weight excluding hydrogens is 713 g/mol. The first-order valence-corrected chi connectivity index (χ1v) is 17.4. The normalized spacial score (nSPS) is 16.4. The number of rotatable bonds is 17. The van der Waals surface area contributed by atoms with Crippen molar-refractivity contribution in [2.75, 3.05) is 25.4 Å². The van der Waals surface area contributed by atoms with Crippen molar-refractivity contribution in [1.82, 2.24) is 15.4 Å². The van der Waals surface area contributed by atoms with Crippen LogP contribution < -0.4 is 31.8 Å². The molecule has 9 N–H and O–H groups in total. The molecule has 1 aliphatic rings. The van der Waals surface area contributed by atoms with Crippen molar-refractivity contribution >= 4 is 56.1 Å². The number of ether oxygens (including phenoxy) is 1. The molecule has 1 aromatic carbocycles. The smallest absolute Gasteiger partial charge is 0.418 e. The van der Waals surface area contributed by atoms with Crippen molar-refractivity contribution in [2.24, 2.45) is 29.6 Å². The fraction of sp³-hybridized carbons (Fsp3) is 0.367. The second-order valence-electron chi connectivity index (χ2n) is 11.8. The Morgan fingerprint density at radius 1 is 1.14 bits per heavy atom. The average molecular weight is 750 g/mol. The van der Waals surface area contributed by atoms with Crippen LogP contribution in [0.1, 0.15) is 36.5 Å². The number of carbonyl (C=O) groups excluding carboxylic acids is 3. The van der Waals surface area contributed by atoms with E-state index in [-0.39, 0.29) is 35.9 Å². The summed E-state index contributed by atoms with van der Waals surface area (Å²) >= 11 is 0.970. The predicted octanol–water partition coefficient (Wildman–Crippen LogP) is -0.584. The number of thiazole rings is 1. The Morgan fingerprint density at radius 3 is 2.31 bits per heavy atom. The van der Waals surface area contributed by atoms with E-state index in [2.05, 4.69) is 19.7 Å². The van der Waals surface area contributed by atoms with E-state index in [1.54, 1.807) is 54.2 Å². The van der Waals surface area contributed by atoms with Crippen molar-refractivity contribution in [3.05, 3.63) is 59.4 Å². The number of hydrogen-bond acceptors (Lipinski definition) is 15. The molecule has 274 valence electrons. The molecule has 1 unspecified atom stereocenters.